The highest BCUT2D eigenvalue weighted by Gasteiger charge is 2.39. The highest BCUT2D eigenvalue weighted by atomic mass is 35.5. The average molecular weight is 229 g/mol. The van der Waals surface area contributed by atoms with Crippen LogP contribution in [-0.4, -0.2) is 6.18 Å². The smallest absolute Gasteiger partial charge is 0.169 e. The Morgan fingerprint density at radius 1 is 1.08 bits per heavy atom. The molecule has 0 spiro atoms. The largest absolute Gasteiger partial charge is 0.408 e. The monoisotopic (exact) mass is 228 g/mol. The molecule has 0 saturated carbocycles. The van der Waals surface area contributed by atoms with Gasteiger partial charge in [-0.25, -0.2) is 0 Å². The summed E-state index contributed by atoms with van der Waals surface area (Å²) in [7, 11) is 0. The number of benzene rings is 1. The highest BCUT2D eigenvalue weighted by Crippen LogP contribution is 2.38. The molecule has 0 nitrogen and oxygen atoms in total. The Hall–Kier alpha value is -0.410. The molecule has 0 N–H and O–H groups in total. The van der Waals surface area contributed by atoms with Gasteiger partial charge in [-0.15, -0.1) is 11.6 Å². The summed E-state index contributed by atoms with van der Waals surface area (Å²) in [5.74, 6) is 0. The Morgan fingerprint density at radius 3 is 1.92 bits per heavy atom. The zero-order valence-corrected chi connectivity index (χ0v) is 7.79. The lowest BCUT2D eigenvalue weighted by Gasteiger charge is -2.13. The number of halogens is 5. The van der Waals surface area contributed by atoms with Gasteiger partial charge in [-0.3, -0.25) is 0 Å². The van der Waals surface area contributed by atoms with Gasteiger partial charge in [0.05, 0.1) is 0 Å². The van der Waals surface area contributed by atoms with E-state index in [0.29, 0.717) is 5.02 Å². The van der Waals surface area contributed by atoms with E-state index in [1.807, 2.05) is 0 Å². The lowest BCUT2D eigenvalue weighted by atomic mass is 10.1. The second kappa shape index (κ2) is 3.76. The van der Waals surface area contributed by atoms with Crippen molar-refractivity contribution in [2.45, 2.75) is 11.6 Å². The first-order chi connectivity index (χ1) is 5.91. The molecule has 5 heteroatoms. The van der Waals surface area contributed by atoms with Crippen LogP contribution < -0.4 is 0 Å². The van der Waals surface area contributed by atoms with Gasteiger partial charge in [-0.05, 0) is 17.7 Å². The van der Waals surface area contributed by atoms with E-state index in [-0.39, 0.29) is 5.56 Å². The number of alkyl halides is 4. The molecule has 0 bridgehead atoms. The zero-order valence-electron chi connectivity index (χ0n) is 6.28. The van der Waals surface area contributed by atoms with Gasteiger partial charge in [0.1, 0.15) is 0 Å². The lowest BCUT2D eigenvalue weighted by Crippen LogP contribution is -2.15. The molecular formula is C8H5Cl2F3. The van der Waals surface area contributed by atoms with Gasteiger partial charge in [0.15, 0.2) is 5.38 Å². The third-order valence-corrected chi connectivity index (χ3v) is 2.20. The van der Waals surface area contributed by atoms with Crippen LogP contribution in [0.3, 0.4) is 0 Å². The molecule has 13 heavy (non-hydrogen) atoms. The fourth-order valence-corrected chi connectivity index (χ4v) is 1.09. The maximum Gasteiger partial charge on any atom is 0.408 e. The maximum atomic E-state index is 12.1. The molecule has 0 fully saturated rings. The van der Waals surface area contributed by atoms with Crippen molar-refractivity contribution >= 4 is 23.2 Å². The second-order valence-corrected chi connectivity index (χ2v) is 3.33. The molecule has 0 aliphatic carbocycles. The second-order valence-electron chi connectivity index (χ2n) is 2.46. The molecule has 0 radical (unpaired) electrons. The molecule has 0 aliphatic rings. The summed E-state index contributed by atoms with van der Waals surface area (Å²) in [6, 6.07) is 5.26. The fourth-order valence-electron chi connectivity index (χ4n) is 0.821. The van der Waals surface area contributed by atoms with Crippen LogP contribution in [0, 0.1) is 0 Å². The minimum absolute atomic E-state index is 0.00133. The van der Waals surface area contributed by atoms with E-state index < -0.39 is 11.6 Å². The predicted molar refractivity (Wildman–Crippen MR) is 46.1 cm³/mol. The first kappa shape index (κ1) is 10.7. The topological polar surface area (TPSA) is 0 Å². The SMILES string of the molecule is FC(F)(F)C(Cl)c1ccc(Cl)cc1. The van der Waals surface area contributed by atoms with Gasteiger partial charge >= 0.3 is 6.18 Å². The first-order valence-electron chi connectivity index (χ1n) is 3.37. The Balaban J connectivity index is 2.90. The minimum atomic E-state index is -4.42. The van der Waals surface area contributed by atoms with Crippen molar-refractivity contribution in [3.05, 3.63) is 34.9 Å². The average Bonchev–Trinajstić information content (AvgIpc) is 2.03. The van der Waals surface area contributed by atoms with Gasteiger partial charge in [-0.1, -0.05) is 23.7 Å². The molecule has 1 unspecified atom stereocenters. The van der Waals surface area contributed by atoms with E-state index >= 15 is 0 Å². The number of rotatable bonds is 1. The van der Waals surface area contributed by atoms with Crippen LogP contribution in [0.4, 0.5) is 13.2 Å². The molecule has 0 aromatic heterocycles. The molecule has 1 rings (SSSR count). The van der Waals surface area contributed by atoms with E-state index in [1.54, 1.807) is 0 Å². The van der Waals surface area contributed by atoms with Crippen molar-refractivity contribution in [1.82, 2.24) is 0 Å². The van der Waals surface area contributed by atoms with Crippen LogP contribution in [-0.2, 0) is 0 Å². The lowest BCUT2D eigenvalue weighted by molar-refractivity contribution is -0.131. The molecule has 1 atom stereocenters. The van der Waals surface area contributed by atoms with Crippen LogP contribution in [0.2, 0.25) is 5.02 Å². The summed E-state index contributed by atoms with van der Waals surface area (Å²) >= 11 is 10.7. The third-order valence-electron chi connectivity index (χ3n) is 1.45. The summed E-state index contributed by atoms with van der Waals surface area (Å²) in [5, 5.41) is -1.58. The Labute approximate surface area is 83.3 Å². The van der Waals surface area contributed by atoms with Gasteiger partial charge in [0.25, 0.3) is 0 Å². The predicted octanol–water partition coefficient (Wildman–Crippen LogP) is 4.18. The van der Waals surface area contributed by atoms with Crippen LogP contribution >= 0.6 is 23.2 Å². The molecule has 0 aliphatic heterocycles. The number of hydrogen-bond donors (Lipinski definition) is 0. The fraction of sp³-hybridized carbons (Fsp3) is 0.250. The summed E-state index contributed by atoms with van der Waals surface area (Å²) < 4.78 is 36.2. The van der Waals surface area contributed by atoms with E-state index in [0.717, 1.165) is 0 Å². The van der Waals surface area contributed by atoms with E-state index in [9.17, 15) is 13.2 Å². The van der Waals surface area contributed by atoms with Crippen molar-refractivity contribution in [2.24, 2.45) is 0 Å². The quantitative estimate of drug-likeness (QED) is 0.633. The van der Waals surface area contributed by atoms with Crippen molar-refractivity contribution in [3.63, 3.8) is 0 Å². The van der Waals surface area contributed by atoms with Crippen LogP contribution in [0.5, 0.6) is 0 Å². The van der Waals surface area contributed by atoms with Crippen LogP contribution in [0.15, 0.2) is 24.3 Å². The Morgan fingerprint density at radius 2 is 1.54 bits per heavy atom. The van der Waals surface area contributed by atoms with Gasteiger partial charge in [0, 0.05) is 5.02 Å². The highest BCUT2D eigenvalue weighted by molar-refractivity contribution is 6.30. The summed E-state index contributed by atoms with van der Waals surface area (Å²) in [6.45, 7) is 0. The van der Waals surface area contributed by atoms with Crippen molar-refractivity contribution in [3.8, 4) is 0 Å². The molecule has 1 aromatic rings. The summed E-state index contributed by atoms with van der Waals surface area (Å²) in [4.78, 5) is 0. The van der Waals surface area contributed by atoms with E-state index in [1.165, 1.54) is 24.3 Å². The van der Waals surface area contributed by atoms with Crippen molar-refractivity contribution in [1.29, 1.82) is 0 Å². The van der Waals surface area contributed by atoms with Crippen molar-refractivity contribution in [2.75, 3.05) is 0 Å². The van der Waals surface area contributed by atoms with E-state index in [2.05, 4.69) is 0 Å². The normalized spacial score (nSPS) is 14.2. The van der Waals surface area contributed by atoms with Crippen LogP contribution in [0.1, 0.15) is 10.9 Å². The number of hydrogen-bond acceptors (Lipinski definition) is 0. The van der Waals surface area contributed by atoms with Gasteiger partial charge in [-0.2, -0.15) is 13.2 Å². The summed E-state index contributed by atoms with van der Waals surface area (Å²) in [6.07, 6.45) is -4.42. The van der Waals surface area contributed by atoms with E-state index in [4.69, 9.17) is 23.2 Å². The minimum Gasteiger partial charge on any atom is -0.169 e. The Kier molecular flexibility index (Phi) is 3.09. The summed E-state index contributed by atoms with van der Waals surface area (Å²) in [5.41, 5.74) is -0.00133. The van der Waals surface area contributed by atoms with Crippen LogP contribution in [0.25, 0.3) is 0 Å². The standard InChI is InChI=1S/C8H5Cl2F3/c9-6-3-1-5(2-4-6)7(10)8(11,12)13/h1-4,7H. The van der Waals surface area contributed by atoms with Gasteiger partial charge in [0.2, 0.25) is 0 Å². The third kappa shape index (κ3) is 2.78. The maximum absolute atomic E-state index is 12.1. The molecule has 0 saturated heterocycles. The molecule has 72 valence electrons. The molecular weight excluding hydrogens is 224 g/mol. The zero-order chi connectivity index (χ0) is 10.1. The molecule has 0 amide bonds. The van der Waals surface area contributed by atoms with Gasteiger partial charge < -0.3 is 0 Å². The molecule has 1 aromatic carbocycles. The van der Waals surface area contributed by atoms with Crippen molar-refractivity contribution < 1.29 is 13.2 Å². The molecule has 0 heterocycles. The first-order valence-corrected chi connectivity index (χ1v) is 4.19. The Bertz CT molecular complexity index is 278.